The molecule has 4 nitrogen and oxygen atoms in total. The third kappa shape index (κ3) is 2.62. The van der Waals surface area contributed by atoms with E-state index in [-0.39, 0.29) is 11.7 Å². The number of ketones is 1. The first-order valence-corrected chi connectivity index (χ1v) is 6.28. The van der Waals surface area contributed by atoms with Crippen LogP contribution in [0.5, 0.6) is 0 Å². The summed E-state index contributed by atoms with van der Waals surface area (Å²) in [5, 5.41) is 3.53. The molecule has 2 rings (SSSR count). The van der Waals surface area contributed by atoms with Crippen LogP contribution in [0.3, 0.4) is 0 Å². The number of nitrogens with one attached hydrogen (secondary N) is 1. The molecule has 18 heavy (non-hydrogen) atoms. The number of nitrogens with zero attached hydrogens (tertiary/aromatic N) is 1. The van der Waals surface area contributed by atoms with Crippen molar-refractivity contribution in [3.8, 4) is 0 Å². The van der Waals surface area contributed by atoms with Gasteiger partial charge in [-0.3, -0.25) is 9.59 Å². The van der Waals surface area contributed by atoms with Crippen LogP contribution >= 0.6 is 11.3 Å². The number of Topliss-reactive ketones (excluding diaryl/α,β-unsaturated/α-hetero) is 1. The predicted octanol–water partition coefficient (Wildman–Crippen LogP) is 2.91. The Balaban J connectivity index is 2.14. The highest BCUT2D eigenvalue weighted by atomic mass is 32.1. The number of aryl methyl sites for hydroxylation is 1. The van der Waals surface area contributed by atoms with Gasteiger partial charge in [-0.15, -0.1) is 11.3 Å². The van der Waals surface area contributed by atoms with Gasteiger partial charge >= 0.3 is 0 Å². The van der Waals surface area contributed by atoms with Crippen LogP contribution in [0.2, 0.25) is 0 Å². The predicted molar refractivity (Wildman–Crippen MR) is 71.3 cm³/mol. The maximum absolute atomic E-state index is 11.9. The molecule has 1 aromatic carbocycles. The van der Waals surface area contributed by atoms with E-state index in [0.717, 1.165) is 10.7 Å². The van der Waals surface area contributed by atoms with Gasteiger partial charge in [-0.05, 0) is 26.0 Å². The van der Waals surface area contributed by atoms with Gasteiger partial charge in [-0.1, -0.05) is 12.1 Å². The lowest BCUT2D eigenvalue weighted by molar-refractivity contribution is 0.101. The highest BCUT2D eigenvalue weighted by Crippen LogP contribution is 2.19. The van der Waals surface area contributed by atoms with Crippen molar-refractivity contribution in [1.82, 2.24) is 4.98 Å². The molecule has 92 valence electrons. The van der Waals surface area contributed by atoms with Gasteiger partial charge in [0.15, 0.2) is 5.78 Å². The van der Waals surface area contributed by atoms with Crippen LogP contribution in [-0.4, -0.2) is 16.7 Å². The van der Waals surface area contributed by atoms with Crippen molar-refractivity contribution in [2.75, 3.05) is 5.32 Å². The molecule has 1 N–H and O–H groups in total. The first-order chi connectivity index (χ1) is 8.58. The smallest absolute Gasteiger partial charge is 0.256 e. The monoisotopic (exact) mass is 260 g/mol. The maximum atomic E-state index is 11.9. The van der Waals surface area contributed by atoms with Gasteiger partial charge < -0.3 is 5.32 Å². The van der Waals surface area contributed by atoms with Crippen molar-refractivity contribution >= 4 is 28.0 Å². The first-order valence-electron chi connectivity index (χ1n) is 5.40. The molecule has 1 aromatic heterocycles. The Labute approximate surface area is 109 Å². The number of hydrogen-bond donors (Lipinski definition) is 1. The molecule has 0 saturated carbocycles. The highest BCUT2D eigenvalue weighted by molar-refractivity contribution is 7.14. The van der Waals surface area contributed by atoms with Gasteiger partial charge in [0, 0.05) is 11.1 Å². The Bertz CT molecular complexity index is 587. The van der Waals surface area contributed by atoms with Gasteiger partial charge in [0.05, 0.1) is 11.2 Å². The van der Waals surface area contributed by atoms with E-state index in [1.807, 2.05) is 6.92 Å². The van der Waals surface area contributed by atoms with Crippen molar-refractivity contribution in [2.24, 2.45) is 0 Å². The summed E-state index contributed by atoms with van der Waals surface area (Å²) in [7, 11) is 0. The fourth-order valence-electron chi connectivity index (χ4n) is 1.45. The van der Waals surface area contributed by atoms with Crippen molar-refractivity contribution in [2.45, 2.75) is 13.8 Å². The molecule has 0 aliphatic carbocycles. The summed E-state index contributed by atoms with van der Waals surface area (Å²) in [4.78, 5) is 27.1. The number of hydrogen-bond acceptors (Lipinski definition) is 4. The van der Waals surface area contributed by atoms with Crippen LogP contribution in [0.25, 0.3) is 0 Å². The van der Waals surface area contributed by atoms with Crippen molar-refractivity contribution in [3.05, 3.63) is 46.6 Å². The second kappa shape index (κ2) is 5.10. The lowest BCUT2D eigenvalue weighted by Gasteiger charge is -2.04. The van der Waals surface area contributed by atoms with Crippen molar-refractivity contribution < 1.29 is 9.59 Å². The van der Waals surface area contributed by atoms with Crippen LogP contribution in [0.4, 0.5) is 5.00 Å². The van der Waals surface area contributed by atoms with E-state index >= 15 is 0 Å². The molecule has 0 atom stereocenters. The summed E-state index contributed by atoms with van der Waals surface area (Å²) in [5.41, 5.74) is 3.60. The van der Waals surface area contributed by atoms with Crippen LogP contribution in [0.15, 0.2) is 29.8 Å². The van der Waals surface area contributed by atoms with Gasteiger partial charge in [0.25, 0.3) is 5.91 Å². The van der Waals surface area contributed by atoms with E-state index in [1.165, 1.54) is 18.3 Å². The van der Waals surface area contributed by atoms with E-state index in [4.69, 9.17) is 0 Å². The van der Waals surface area contributed by atoms with E-state index in [9.17, 15) is 9.59 Å². The third-order valence-electron chi connectivity index (χ3n) is 2.53. The van der Waals surface area contributed by atoms with Crippen LogP contribution in [-0.2, 0) is 0 Å². The lowest BCUT2D eigenvalue weighted by Crippen LogP contribution is -2.11. The van der Waals surface area contributed by atoms with E-state index in [1.54, 1.807) is 29.8 Å². The zero-order valence-corrected chi connectivity index (χ0v) is 10.9. The molecule has 0 radical (unpaired) electrons. The van der Waals surface area contributed by atoms with E-state index < -0.39 is 0 Å². The minimum Gasteiger partial charge on any atom is -0.312 e. The topological polar surface area (TPSA) is 59.1 Å². The molecule has 1 amide bonds. The maximum Gasteiger partial charge on any atom is 0.256 e. The van der Waals surface area contributed by atoms with Gasteiger partial charge in [-0.25, -0.2) is 4.98 Å². The van der Waals surface area contributed by atoms with Crippen molar-refractivity contribution in [3.63, 3.8) is 0 Å². The molecule has 0 aliphatic heterocycles. The summed E-state index contributed by atoms with van der Waals surface area (Å²) in [5.74, 6) is -0.210. The Kier molecular flexibility index (Phi) is 3.53. The van der Waals surface area contributed by atoms with Gasteiger partial charge in [-0.2, -0.15) is 0 Å². The number of rotatable bonds is 3. The molecule has 0 bridgehead atoms. The second-order valence-electron chi connectivity index (χ2n) is 3.85. The summed E-state index contributed by atoms with van der Waals surface area (Å²) < 4.78 is 0. The average molecular weight is 260 g/mol. The van der Waals surface area contributed by atoms with Crippen molar-refractivity contribution in [1.29, 1.82) is 0 Å². The summed E-state index contributed by atoms with van der Waals surface area (Å²) in [6, 6.07) is 6.58. The number of thiazole rings is 1. The Hall–Kier alpha value is -2.01. The molecule has 2 aromatic rings. The SMILES string of the molecule is CC(=O)c1ccc(C(=O)Nc2scnc2C)cc1. The zero-order valence-electron chi connectivity index (χ0n) is 10.1. The fraction of sp³-hybridized carbons (Fsp3) is 0.154. The number of benzene rings is 1. The van der Waals surface area contributed by atoms with E-state index in [0.29, 0.717) is 11.1 Å². The molecule has 0 aliphatic rings. The summed E-state index contributed by atoms with van der Waals surface area (Å²) in [6.07, 6.45) is 0. The van der Waals surface area contributed by atoms with E-state index in [2.05, 4.69) is 10.3 Å². The Morgan fingerprint density at radius 3 is 2.28 bits per heavy atom. The minimum absolute atomic E-state index is 0.0136. The normalized spacial score (nSPS) is 10.1. The van der Waals surface area contributed by atoms with Crippen LogP contribution < -0.4 is 5.32 Å². The summed E-state index contributed by atoms with van der Waals surface area (Å²) >= 11 is 1.38. The fourth-order valence-corrected chi connectivity index (χ4v) is 2.14. The highest BCUT2D eigenvalue weighted by Gasteiger charge is 2.09. The molecule has 0 saturated heterocycles. The largest absolute Gasteiger partial charge is 0.312 e. The second-order valence-corrected chi connectivity index (χ2v) is 4.71. The van der Waals surface area contributed by atoms with Gasteiger partial charge in [0.2, 0.25) is 0 Å². The Morgan fingerprint density at radius 2 is 1.78 bits per heavy atom. The van der Waals surface area contributed by atoms with Crippen LogP contribution in [0, 0.1) is 6.92 Å². The van der Waals surface area contributed by atoms with Gasteiger partial charge in [0.1, 0.15) is 5.00 Å². The third-order valence-corrected chi connectivity index (χ3v) is 3.37. The molecule has 0 fully saturated rings. The minimum atomic E-state index is -0.197. The molecular weight excluding hydrogens is 248 g/mol. The number of carbonyl (C=O) groups is 2. The number of anilines is 1. The number of aromatic nitrogens is 1. The molecular formula is C13H12N2O2S. The number of amides is 1. The first kappa shape index (κ1) is 12.4. The molecule has 1 heterocycles. The zero-order chi connectivity index (χ0) is 13.1. The average Bonchev–Trinajstić information content (AvgIpc) is 2.75. The number of carbonyl (C=O) groups excluding carboxylic acids is 2. The molecule has 5 heteroatoms. The Morgan fingerprint density at radius 1 is 1.17 bits per heavy atom. The quantitative estimate of drug-likeness (QED) is 0.863. The molecule has 0 spiro atoms. The molecule has 0 unspecified atom stereocenters. The van der Waals surface area contributed by atoms with Crippen LogP contribution in [0.1, 0.15) is 33.3 Å². The lowest BCUT2D eigenvalue weighted by atomic mass is 10.1. The summed E-state index contributed by atoms with van der Waals surface area (Å²) in [6.45, 7) is 3.33. The standard InChI is InChI=1S/C13H12N2O2S/c1-8-13(18-7-14-8)15-12(17)11-5-3-10(4-6-11)9(2)16/h3-7H,1-2H3,(H,15,17).